The second kappa shape index (κ2) is 7.92. The lowest BCUT2D eigenvalue weighted by Crippen LogP contribution is -2.41. The van der Waals surface area contributed by atoms with Crippen molar-refractivity contribution in [1.82, 2.24) is 10.2 Å². The van der Waals surface area contributed by atoms with E-state index in [1.165, 1.54) is 54.4 Å². The minimum Gasteiger partial charge on any atom is -0.319 e. The normalized spacial score (nSPS) is 19.2. The van der Waals surface area contributed by atoms with Crippen LogP contribution in [0.2, 0.25) is 0 Å². The third-order valence-corrected chi connectivity index (χ3v) is 5.95. The van der Waals surface area contributed by atoms with Gasteiger partial charge in [0.1, 0.15) is 0 Å². The molecule has 0 amide bonds. The van der Waals surface area contributed by atoms with E-state index in [1.807, 2.05) is 0 Å². The van der Waals surface area contributed by atoms with E-state index in [1.54, 1.807) is 11.3 Å². The molecule has 0 bridgehead atoms. The van der Waals surface area contributed by atoms with Crippen LogP contribution in [0.5, 0.6) is 0 Å². The van der Waals surface area contributed by atoms with Gasteiger partial charge < -0.3 is 10.2 Å². The Bertz CT molecular complexity index is 397. The van der Waals surface area contributed by atoms with E-state index in [0.717, 1.165) is 13.1 Å². The standard InChI is InChI=1S/C16H27BrN2S/c1-18-12-16(7-5-3-4-6-8-16)13-19(2)10-14-9-15(17)20-11-14/h9,11,18H,3-8,10,12-13H2,1-2H3. The lowest BCUT2D eigenvalue weighted by molar-refractivity contribution is 0.144. The van der Waals surface area contributed by atoms with Crippen molar-refractivity contribution in [1.29, 1.82) is 0 Å². The summed E-state index contributed by atoms with van der Waals surface area (Å²) in [6, 6.07) is 2.25. The Morgan fingerprint density at radius 3 is 2.55 bits per heavy atom. The van der Waals surface area contributed by atoms with Crippen LogP contribution in [0.25, 0.3) is 0 Å². The number of hydrogen-bond donors (Lipinski definition) is 1. The van der Waals surface area contributed by atoms with Crippen molar-refractivity contribution in [3.63, 3.8) is 0 Å². The van der Waals surface area contributed by atoms with Gasteiger partial charge in [0.2, 0.25) is 0 Å². The molecule has 2 rings (SSSR count). The van der Waals surface area contributed by atoms with Gasteiger partial charge in [-0.2, -0.15) is 0 Å². The molecule has 1 N–H and O–H groups in total. The summed E-state index contributed by atoms with van der Waals surface area (Å²) in [5, 5.41) is 5.71. The zero-order valence-corrected chi connectivity index (χ0v) is 15.2. The second-order valence-corrected chi connectivity index (χ2v) is 8.67. The van der Waals surface area contributed by atoms with Crippen LogP contribution in [0.15, 0.2) is 15.2 Å². The number of thiophene rings is 1. The van der Waals surface area contributed by atoms with E-state index in [4.69, 9.17) is 0 Å². The van der Waals surface area contributed by atoms with Gasteiger partial charge >= 0.3 is 0 Å². The average molecular weight is 359 g/mol. The highest BCUT2D eigenvalue weighted by molar-refractivity contribution is 9.11. The van der Waals surface area contributed by atoms with Crippen LogP contribution in [0.3, 0.4) is 0 Å². The first-order chi connectivity index (χ1) is 9.63. The Labute approximate surface area is 136 Å². The van der Waals surface area contributed by atoms with E-state index in [0.29, 0.717) is 5.41 Å². The van der Waals surface area contributed by atoms with Crippen LogP contribution in [-0.2, 0) is 6.54 Å². The predicted octanol–water partition coefficient (Wildman–Crippen LogP) is 4.50. The fourth-order valence-corrected chi connectivity index (χ4v) is 4.81. The largest absolute Gasteiger partial charge is 0.319 e. The van der Waals surface area contributed by atoms with E-state index < -0.39 is 0 Å². The molecule has 1 aromatic rings. The maximum absolute atomic E-state index is 3.56. The van der Waals surface area contributed by atoms with Crippen LogP contribution in [0, 0.1) is 5.41 Å². The van der Waals surface area contributed by atoms with Crippen LogP contribution < -0.4 is 5.32 Å². The first-order valence-electron chi connectivity index (χ1n) is 7.70. The molecule has 4 heteroatoms. The van der Waals surface area contributed by atoms with Crippen molar-refractivity contribution in [2.24, 2.45) is 5.41 Å². The summed E-state index contributed by atoms with van der Waals surface area (Å²) in [6.45, 7) is 3.43. The fourth-order valence-electron chi connectivity index (χ4n) is 3.61. The summed E-state index contributed by atoms with van der Waals surface area (Å²) in [7, 11) is 4.37. The zero-order valence-electron chi connectivity index (χ0n) is 12.8. The number of halogens is 1. The van der Waals surface area contributed by atoms with Crippen molar-refractivity contribution in [3.05, 3.63) is 20.8 Å². The Morgan fingerprint density at radius 1 is 1.30 bits per heavy atom. The third-order valence-electron chi connectivity index (χ3n) is 4.40. The van der Waals surface area contributed by atoms with Crippen LogP contribution in [0.1, 0.15) is 44.1 Å². The number of rotatable bonds is 6. The van der Waals surface area contributed by atoms with Crippen LogP contribution in [-0.4, -0.2) is 32.1 Å². The van der Waals surface area contributed by atoms with Gasteiger partial charge in [0.25, 0.3) is 0 Å². The molecule has 0 atom stereocenters. The Kier molecular flexibility index (Phi) is 6.53. The first kappa shape index (κ1) is 16.5. The zero-order chi connectivity index (χ0) is 14.4. The Balaban J connectivity index is 1.95. The van der Waals surface area contributed by atoms with Gasteiger partial charge in [0.05, 0.1) is 3.79 Å². The molecule has 0 unspecified atom stereocenters. The lowest BCUT2D eigenvalue weighted by atomic mass is 9.79. The minimum absolute atomic E-state index is 0.479. The first-order valence-corrected chi connectivity index (χ1v) is 9.37. The highest BCUT2D eigenvalue weighted by atomic mass is 79.9. The molecule has 20 heavy (non-hydrogen) atoms. The maximum atomic E-state index is 3.56. The van der Waals surface area contributed by atoms with Crippen molar-refractivity contribution in [2.45, 2.75) is 45.1 Å². The van der Waals surface area contributed by atoms with Gasteiger partial charge in [-0.05, 0) is 65.3 Å². The third kappa shape index (κ3) is 4.83. The van der Waals surface area contributed by atoms with Gasteiger partial charge in [-0.15, -0.1) is 11.3 Å². The minimum atomic E-state index is 0.479. The molecule has 1 aliphatic carbocycles. The van der Waals surface area contributed by atoms with Crippen molar-refractivity contribution in [2.75, 3.05) is 27.2 Å². The highest BCUT2D eigenvalue weighted by Crippen LogP contribution is 2.35. The Hall–Kier alpha value is 0.100. The van der Waals surface area contributed by atoms with Crippen molar-refractivity contribution in [3.8, 4) is 0 Å². The fraction of sp³-hybridized carbons (Fsp3) is 0.750. The van der Waals surface area contributed by atoms with Gasteiger partial charge in [0.15, 0.2) is 0 Å². The average Bonchev–Trinajstić information content (AvgIpc) is 2.66. The number of nitrogens with one attached hydrogen (secondary N) is 1. The van der Waals surface area contributed by atoms with Crippen LogP contribution >= 0.6 is 27.3 Å². The summed E-state index contributed by atoms with van der Waals surface area (Å²) < 4.78 is 1.24. The maximum Gasteiger partial charge on any atom is 0.0701 e. The lowest BCUT2D eigenvalue weighted by Gasteiger charge is -2.36. The van der Waals surface area contributed by atoms with Crippen molar-refractivity contribution < 1.29 is 0 Å². The summed E-state index contributed by atoms with van der Waals surface area (Å²) in [4.78, 5) is 2.51. The van der Waals surface area contributed by atoms with E-state index in [2.05, 4.69) is 51.7 Å². The molecule has 2 nitrogen and oxygen atoms in total. The van der Waals surface area contributed by atoms with E-state index >= 15 is 0 Å². The van der Waals surface area contributed by atoms with Gasteiger partial charge in [-0.1, -0.05) is 25.7 Å². The molecule has 1 aromatic heterocycles. The molecule has 0 aliphatic heterocycles. The predicted molar refractivity (Wildman–Crippen MR) is 92.4 cm³/mol. The van der Waals surface area contributed by atoms with Gasteiger partial charge in [-0.25, -0.2) is 0 Å². The topological polar surface area (TPSA) is 15.3 Å². The smallest absolute Gasteiger partial charge is 0.0701 e. The number of hydrogen-bond acceptors (Lipinski definition) is 3. The molecular formula is C16H27BrN2S. The molecule has 0 spiro atoms. The molecule has 1 fully saturated rings. The SMILES string of the molecule is CNCC1(CN(C)Cc2csc(Br)c2)CCCCCC1. The molecule has 1 heterocycles. The Morgan fingerprint density at radius 2 is 2.00 bits per heavy atom. The monoisotopic (exact) mass is 358 g/mol. The summed E-state index contributed by atoms with van der Waals surface area (Å²) in [6.07, 6.45) is 8.41. The van der Waals surface area contributed by atoms with E-state index in [9.17, 15) is 0 Å². The van der Waals surface area contributed by atoms with Gasteiger partial charge in [0, 0.05) is 19.6 Å². The quantitative estimate of drug-likeness (QED) is 0.752. The summed E-state index contributed by atoms with van der Waals surface area (Å²) in [5.74, 6) is 0. The van der Waals surface area contributed by atoms with Gasteiger partial charge in [-0.3, -0.25) is 0 Å². The molecule has 0 aromatic carbocycles. The molecule has 1 saturated carbocycles. The van der Waals surface area contributed by atoms with E-state index in [-0.39, 0.29) is 0 Å². The van der Waals surface area contributed by atoms with Crippen LogP contribution in [0.4, 0.5) is 0 Å². The van der Waals surface area contributed by atoms with Crippen molar-refractivity contribution >= 4 is 27.3 Å². The number of nitrogens with zero attached hydrogens (tertiary/aromatic N) is 1. The molecule has 0 saturated heterocycles. The second-order valence-electron chi connectivity index (χ2n) is 6.38. The summed E-state index contributed by atoms with van der Waals surface area (Å²) in [5.41, 5.74) is 1.91. The molecular weight excluding hydrogens is 332 g/mol. The molecule has 0 radical (unpaired) electrons. The molecule has 1 aliphatic rings. The summed E-state index contributed by atoms with van der Waals surface area (Å²) >= 11 is 5.34. The molecule has 114 valence electrons. The highest BCUT2D eigenvalue weighted by Gasteiger charge is 2.31.